The summed E-state index contributed by atoms with van der Waals surface area (Å²) in [4.78, 5) is 48.1. The second kappa shape index (κ2) is 15.6. The first-order valence-corrected chi connectivity index (χ1v) is 15.6. The van der Waals surface area contributed by atoms with Crippen LogP contribution in [0.2, 0.25) is 5.02 Å². The van der Waals surface area contributed by atoms with Crippen LogP contribution in [0.25, 0.3) is 0 Å². The SMILES string of the molecule is CC(=O)OC[C@H]1O[C@H](c2ccc(Cl)c(Cc3ccc(O[C@H]4CCC[C@@H](C)C4)cc3)c2)[C@H](OC(C)=O)[C@@H](OC(C)=O)[C@@H]1OC(C)=O. The van der Waals surface area contributed by atoms with E-state index < -0.39 is 54.4 Å². The van der Waals surface area contributed by atoms with Crippen molar-refractivity contribution in [2.45, 2.75) is 103 Å². The van der Waals surface area contributed by atoms with Gasteiger partial charge in [0.25, 0.3) is 0 Å². The van der Waals surface area contributed by atoms with Crippen molar-refractivity contribution in [3.05, 3.63) is 64.2 Å². The molecule has 2 aliphatic rings. The smallest absolute Gasteiger partial charge is 0.303 e. The van der Waals surface area contributed by atoms with Gasteiger partial charge >= 0.3 is 23.9 Å². The van der Waals surface area contributed by atoms with E-state index >= 15 is 0 Å². The van der Waals surface area contributed by atoms with E-state index in [1.165, 1.54) is 40.5 Å². The van der Waals surface area contributed by atoms with E-state index in [1.807, 2.05) is 30.3 Å². The molecule has 0 amide bonds. The van der Waals surface area contributed by atoms with Crippen LogP contribution in [-0.4, -0.2) is 61.0 Å². The van der Waals surface area contributed by atoms with Crippen LogP contribution >= 0.6 is 11.6 Å². The van der Waals surface area contributed by atoms with Crippen LogP contribution in [0.5, 0.6) is 5.75 Å². The van der Waals surface area contributed by atoms with Crippen molar-refractivity contribution in [1.29, 1.82) is 0 Å². The molecule has 1 saturated heterocycles. The van der Waals surface area contributed by atoms with Gasteiger partial charge in [-0.15, -0.1) is 0 Å². The van der Waals surface area contributed by atoms with E-state index in [4.69, 9.17) is 40.0 Å². The molecule has 0 N–H and O–H groups in total. The minimum absolute atomic E-state index is 0.229. The maximum atomic E-state index is 12.3. The monoisotopic (exact) mass is 644 g/mol. The third-order valence-electron chi connectivity index (χ3n) is 7.90. The number of esters is 4. The van der Waals surface area contributed by atoms with Gasteiger partial charge in [-0.2, -0.15) is 0 Å². The Kier molecular flexibility index (Phi) is 11.9. The van der Waals surface area contributed by atoms with Crippen molar-refractivity contribution in [3.63, 3.8) is 0 Å². The molecule has 244 valence electrons. The molecule has 0 aromatic heterocycles. The molecule has 1 saturated carbocycles. The summed E-state index contributed by atoms with van der Waals surface area (Å²) in [7, 11) is 0. The molecule has 2 fully saturated rings. The second-order valence-corrected chi connectivity index (χ2v) is 12.2. The van der Waals surface area contributed by atoms with Crippen molar-refractivity contribution in [1.82, 2.24) is 0 Å². The van der Waals surface area contributed by atoms with E-state index in [2.05, 4.69) is 6.92 Å². The summed E-state index contributed by atoms with van der Waals surface area (Å²) < 4.78 is 34.4. The van der Waals surface area contributed by atoms with Crippen LogP contribution in [0.3, 0.4) is 0 Å². The van der Waals surface area contributed by atoms with Gasteiger partial charge in [0.15, 0.2) is 18.3 Å². The molecular weight excluding hydrogens is 604 g/mol. The first-order chi connectivity index (χ1) is 21.4. The quantitative estimate of drug-likeness (QED) is 0.235. The highest BCUT2D eigenvalue weighted by atomic mass is 35.5. The second-order valence-electron chi connectivity index (χ2n) is 11.8. The van der Waals surface area contributed by atoms with Crippen LogP contribution in [0, 0.1) is 5.92 Å². The number of carbonyl (C=O) groups excluding carboxylic acids is 4. The average molecular weight is 645 g/mol. The molecule has 45 heavy (non-hydrogen) atoms. The molecule has 11 heteroatoms. The molecule has 0 bridgehead atoms. The maximum Gasteiger partial charge on any atom is 0.303 e. The molecule has 4 rings (SSSR count). The highest BCUT2D eigenvalue weighted by molar-refractivity contribution is 6.31. The van der Waals surface area contributed by atoms with Crippen LogP contribution in [0.4, 0.5) is 0 Å². The lowest BCUT2D eigenvalue weighted by molar-refractivity contribution is -0.254. The normalized spacial score (nSPS) is 26.3. The van der Waals surface area contributed by atoms with Crippen molar-refractivity contribution in [2.24, 2.45) is 5.92 Å². The van der Waals surface area contributed by atoms with Gasteiger partial charge in [0.1, 0.15) is 24.6 Å². The van der Waals surface area contributed by atoms with E-state index in [0.717, 1.165) is 29.7 Å². The summed E-state index contributed by atoms with van der Waals surface area (Å²) in [6.07, 6.45) is -0.452. The largest absolute Gasteiger partial charge is 0.490 e. The fourth-order valence-electron chi connectivity index (χ4n) is 5.99. The van der Waals surface area contributed by atoms with Crippen molar-refractivity contribution in [2.75, 3.05) is 6.61 Å². The number of rotatable bonds is 10. The van der Waals surface area contributed by atoms with Crippen LogP contribution < -0.4 is 4.74 Å². The van der Waals surface area contributed by atoms with Crippen LogP contribution in [0.1, 0.15) is 83.1 Å². The lowest BCUT2D eigenvalue weighted by Gasteiger charge is -2.44. The average Bonchev–Trinajstić information content (AvgIpc) is 2.96. The number of benzene rings is 2. The van der Waals surface area contributed by atoms with Gasteiger partial charge in [-0.3, -0.25) is 19.2 Å². The molecule has 1 aliphatic carbocycles. The van der Waals surface area contributed by atoms with E-state index in [1.54, 1.807) is 12.1 Å². The van der Waals surface area contributed by atoms with Crippen LogP contribution in [-0.2, 0) is 49.3 Å². The number of ether oxygens (including phenoxy) is 6. The van der Waals surface area contributed by atoms with Gasteiger partial charge in [0.05, 0.1) is 6.10 Å². The molecule has 1 heterocycles. The highest BCUT2D eigenvalue weighted by Crippen LogP contribution is 2.39. The molecular formula is C34H41ClO10. The van der Waals surface area contributed by atoms with Gasteiger partial charge < -0.3 is 28.4 Å². The zero-order valence-corrected chi connectivity index (χ0v) is 27.0. The van der Waals surface area contributed by atoms with Gasteiger partial charge in [0.2, 0.25) is 0 Å². The minimum Gasteiger partial charge on any atom is -0.490 e. The maximum absolute atomic E-state index is 12.3. The van der Waals surface area contributed by atoms with Crippen molar-refractivity contribution in [3.8, 4) is 5.75 Å². The Labute approximate surface area is 268 Å². The summed E-state index contributed by atoms with van der Waals surface area (Å²) >= 11 is 6.64. The first kappa shape index (κ1) is 34.2. The van der Waals surface area contributed by atoms with Gasteiger partial charge in [0, 0.05) is 32.7 Å². The van der Waals surface area contributed by atoms with Gasteiger partial charge in [-0.05, 0) is 66.5 Å². The molecule has 2 aromatic rings. The topological polar surface area (TPSA) is 124 Å². The zero-order valence-electron chi connectivity index (χ0n) is 26.3. The molecule has 0 unspecified atom stereocenters. The van der Waals surface area contributed by atoms with Gasteiger partial charge in [-0.25, -0.2) is 0 Å². The summed E-state index contributed by atoms with van der Waals surface area (Å²) in [6.45, 7) is 6.77. The fourth-order valence-corrected chi connectivity index (χ4v) is 6.17. The Morgan fingerprint density at radius 2 is 1.47 bits per heavy atom. The number of halogens is 1. The van der Waals surface area contributed by atoms with Crippen molar-refractivity contribution < 1.29 is 47.6 Å². The molecule has 1 aliphatic heterocycles. The van der Waals surface area contributed by atoms with E-state index in [9.17, 15) is 19.2 Å². The predicted molar refractivity (Wildman–Crippen MR) is 164 cm³/mol. The van der Waals surface area contributed by atoms with E-state index in [0.29, 0.717) is 22.9 Å². The molecule has 2 aromatic carbocycles. The highest BCUT2D eigenvalue weighted by Gasteiger charge is 2.52. The number of hydrogen-bond donors (Lipinski definition) is 0. The predicted octanol–water partition coefficient (Wildman–Crippen LogP) is 5.69. The lowest BCUT2D eigenvalue weighted by Crippen LogP contribution is -2.59. The molecule has 0 spiro atoms. The Morgan fingerprint density at radius 3 is 2.09 bits per heavy atom. The Balaban J connectivity index is 1.62. The zero-order chi connectivity index (χ0) is 32.7. The standard InChI is InChI=1S/C34H41ClO10/c1-19-7-6-8-28(15-19)44-27-12-9-24(10-13-27)16-26-17-25(11-14-29(26)35)31-33(42-22(4)38)34(43-23(5)39)32(41-21(3)37)30(45-31)18-40-20(2)36/h9-14,17,19,28,30-34H,6-8,15-16,18H2,1-5H3/t19-,28+,30-,31-,32-,33+,34+/m1/s1. The fraction of sp³-hybridized carbons (Fsp3) is 0.529. The molecule has 10 nitrogen and oxygen atoms in total. The summed E-state index contributed by atoms with van der Waals surface area (Å²) in [5, 5.41) is 0.515. The minimum atomic E-state index is -1.26. The number of hydrogen-bond acceptors (Lipinski definition) is 10. The third kappa shape index (κ3) is 9.68. The summed E-state index contributed by atoms with van der Waals surface area (Å²) in [5.74, 6) is -1.13. The summed E-state index contributed by atoms with van der Waals surface area (Å²) in [5.41, 5.74) is 2.34. The lowest BCUT2D eigenvalue weighted by atomic mass is 9.88. The van der Waals surface area contributed by atoms with Gasteiger partial charge in [-0.1, -0.05) is 49.2 Å². The number of carbonyl (C=O) groups is 4. The molecule has 0 radical (unpaired) electrons. The Hall–Kier alpha value is -3.63. The van der Waals surface area contributed by atoms with E-state index in [-0.39, 0.29) is 12.7 Å². The first-order valence-electron chi connectivity index (χ1n) is 15.2. The van der Waals surface area contributed by atoms with Crippen LogP contribution in [0.15, 0.2) is 42.5 Å². The molecule has 7 atom stereocenters. The van der Waals surface area contributed by atoms with Crippen molar-refractivity contribution >= 4 is 35.5 Å². The third-order valence-corrected chi connectivity index (χ3v) is 8.27. The summed E-state index contributed by atoms with van der Waals surface area (Å²) in [6, 6.07) is 13.2. The Morgan fingerprint density at radius 1 is 0.822 bits per heavy atom. The Bertz CT molecular complexity index is 1360.